The van der Waals surface area contributed by atoms with E-state index in [9.17, 15) is 39.7 Å². The van der Waals surface area contributed by atoms with Gasteiger partial charge in [0.05, 0.1) is 21.1 Å². The number of aromatic carboxylic acids is 1. The second-order valence-corrected chi connectivity index (χ2v) is 11.3. The zero-order chi connectivity index (χ0) is 37.2. The summed E-state index contributed by atoms with van der Waals surface area (Å²) in [6.07, 6.45) is 0. The van der Waals surface area contributed by atoms with Crippen LogP contribution in [0.4, 0.5) is 22.7 Å². The van der Waals surface area contributed by atoms with Gasteiger partial charge in [-0.1, -0.05) is 54.6 Å². The highest BCUT2D eigenvalue weighted by Crippen LogP contribution is 2.29. The summed E-state index contributed by atoms with van der Waals surface area (Å²) < 4.78 is 0. The van der Waals surface area contributed by atoms with Gasteiger partial charge in [-0.05, 0) is 101 Å². The van der Waals surface area contributed by atoms with Crippen LogP contribution >= 0.6 is 0 Å². The minimum Gasteiger partial charge on any atom is -0.478 e. The highest BCUT2D eigenvalue weighted by Gasteiger charge is 2.16. The first-order valence-corrected chi connectivity index (χ1v) is 15.7. The van der Waals surface area contributed by atoms with Crippen LogP contribution in [0.2, 0.25) is 0 Å². The summed E-state index contributed by atoms with van der Waals surface area (Å²) >= 11 is 0. The van der Waals surface area contributed by atoms with Gasteiger partial charge in [-0.2, -0.15) is 0 Å². The Labute approximate surface area is 297 Å². The molecule has 6 aromatic rings. The molecule has 0 aliphatic rings. The lowest BCUT2D eigenvalue weighted by atomic mass is 10.0. The molecular weight excluding hydrogens is 664 g/mol. The van der Waals surface area contributed by atoms with Crippen LogP contribution in [0, 0.1) is 27.2 Å². The lowest BCUT2D eigenvalue weighted by Crippen LogP contribution is -2.14. The summed E-state index contributed by atoms with van der Waals surface area (Å²) in [7, 11) is 0. The number of nitro groups is 2. The van der Waals surface area contributed by atoms with E-state index < -0.39 is 21.7 Å². The Bertz CT molecular complexity index is 2260. The molecule has 52 heavy (non-hydrogen) atoms. The van der Waals surface area contributed by atoms with E-state index in [1.807, 2.05) is 43.3 Å². The normalized spacial score (nSPS) is 10.2. The van der Waals surface area contributed by atoms with Crippen molar-refractivity contribution in [3.63, 3.8) is 0 Å². The van der Waals surface area contributed by atoms with Crippen LogP contribution in [0.15, 0.2) is 146 Å². The molecule has 0 saturated carbocycles. The summed E-state index contributed by atoms with van der Waals surface area (Å²) in [5.74, 6) is -1.78. The molecular formula is C40H30N4O8. The van der Waals surface area contributed by atoms with E-state index in [-0.39, 0.29) is 28.5 Å². The van der Waals surface area contributed by atoms with E-state index >= 15 is 0 Å². The molecule has 0 atom stereocenters. The smallest absolute Gasteiger partial charge is 0.337 e. The lowest BCUT2D eigenvalue weighted by Gasteiger charge is -2.11. The maximum absolute atomic E-state index is 12.4. The van der Waals surface area contributed by atoms with Gasteiger partial charge in [-0.15, -0.1) is 0 Å². The lowest BCUT2D eigenvalue weighted by molar-refractivity contribution is -0.385. The van der Waals surface area contributed by atoms with E-state index in [1.165, 1.54) is 36.4 Å². The number of hydrogen-bond donors (Lipinski definition) is 3. The molecule has 0 aliphatic carbocycles. The predicted octanol–water partition coefficient (Wildman–Crippen LogP) is 9.03. The van der Waals surface area contributed by atoms with Crippen LogP contribution in [0.1, 0.15) is 36.6 Å². The van der Waals surface area contributed by atoms with Crippen molar-refractivity contribution in [1.82, 2.24) is 0 Å². The fourth-order valence-electron chi connectivity index (χ4n) is 5.07. The molecule has 2 amide bonds. The van der Waals surface area contributed by atoms with E-state index in [0.29, 0.717) is 27.9 Å². The topological polar surface area (TPSA) is 182 Å². The second kappa shape index (κ2) is 16.3. The van der Waals surface area contributed by atoms with E-state index in [4.69, 9.17) is 0 Å². The number of carbonyl (C=O) groups excluding carboxylic acids is 2. The third-order valence-electron chi connectivity index (χ3n) is 7.88. The van der Waals surface area contributed by atoms with Crippen LogP contribution in [0.5, 0.6) is 0 Å². The molecule has 0 unspecified atom stereocenters. The van der Waals surface area contributed by atoms with Crippen LogP contribution in [-0.2, 0) is 0 Å². The van der Waals surface area contributed by atoms with Gasteiger partial charge in [-0.3, -0.25) is 29.8 Å². The Balaban J connectivity index is 0.000000202. The van der Waals surface area contributed by atoms with Crippen molar-refractivity contribution in [2.24, 2.45) is 0 Å². The molecule has 0 heterocycles. The second-order valence-electron chi connectivity index (χ2n) is 11.3. The fourth-order valence-corrected chi connectivity index (χ4v) is 5.07. The Kier molecular flexibility index (Phi) is 11.2. The number of benzene rings is 6. The maximum Gasteiger partial charge on any atom is 0.337 e. The average molecular weight is 695 g/mol. The monoisotopic (exact) mass is 694 g/mol. The number of hydrogen-bond acceptors (Lipinski definition) is 7. The third kappa shape index (κ3) is 8.95. The van der Waals surface area contributed by atoms with Crippen molar-refractivity contribution in [3.8, 4) is 22.3 Å². The number of carbonyl (C=O) groups is 3. The Hall–Kier alpha value is -7.47. The standard InChI is InChI=1S/C20H14N2O5.C20H16N2O3/c23-19(14-4-2-1-3-5-14)21-18-12-15(8-11-17(18)20(24)25)13-6-9-16(10-7-13)22(26)27;1-14-7-8-17(15-9-11-18(12-10-15)22(24)25)13-19(14)21-20(23)16-5-3-2-4-6-16/h1-12H,(H,21,23)(H,24,25);2-13H,1H3,(H,21,23). The first-order chi connectivity index (χ1) is 25.0. The quantitative estimate of drug-likeness (QED) is 0.0989. The first-order valence-electron chi connectivity index (χ1n) is 15.7. The van der Waals surface area contributed by atoms with Crippen molar-refractivity contribution in [1.29, 1.82) is 0 Å². The SMILES string of the molecule is Cc1ccc(-c2ccc([N+](=O)[O-])cc2)cc1NC(=O)c1ccccc1.O=C(Nc1cc(-c2ccc([N+](=O)[O-])cc2)ccc1C(=O)O)c1ccccc1. The van der Waals surface area contributed by atoms with E-state index in [0.717, 1.165) is 16.7 Å². The Morgan fingerprint density at radius 2 is 0.904 bits per heavy atom. The summed E-state index contributed by atoms with van der Waals surface area (Å²) in [4.78, 5) is 56.8. The van der Waals surface area contributed by atoms with Crippen molar-refractivity contribution >= 4 is 40.5 Å². The molecule has 0 aliphatic heterocycles. The molecule has 0 radical (unpaired) electrons. The van der Waals surface area contributed by atoms with Gasteiger partial charge >= 0.3 is 5.97 Å². The maximum atomic E-state index is 12.4. The van der Waals surface area contributed by atoms with Gasteiger partial charge in [0.1, 0.15) is 0 Å². The number of nitrogens with zero attached hydrogens (tertiary/aromatic N) is 2. The van der Waals surface area contributed by atoms with Gasteiger partial charge in [0.15, 0.2) is 0 Å². The third-order valence-corrected chi connectivity index (χ3v) is 7.88. The van der Waals surface area contributed by atoms with E-state index in [2.05, 4.69) is 10.6 Å². The van der Waals surface area contributed by atoms with Crippen molar-refractivity contribution in [2.75, 3.05) is 10.6 Å². The number of carboxylic acids is 1. The molecule has 6 rings (SSSR count). The van der Waals surface area contributed by atoms with Gasteiger partial charge in [0.25, 0.3) is 23.2 Å². The van der Waals surface area contributed by atoms with Crippen molar-refractivity contribution < 1.29 is 29.3 Å². The summed E-state index contributed by atoms with van der Waals surface area (Å²) in [5, 5.41) is 36.5. The highest BCUT2D eigenvalue weighted by atomic mass is 16.6. The van der Waals surface area contributed by atoms with Crippen molar-refractivity contribution in [2.45, 2.75) is 6.92 Å². The van der Waals surface area contributed by atoms with Gasteiger partial charge in [0.2, 0.25) is 0 Å². The molecule has 0 saturated heterocycles. The summed E-state index contributed by atoms with van der Waals surface area (Å²) in [5.41, 5.74) is 5.75. The molecule has 0 fully saturated rings. The zero-order valence-electron chi connectivity index (χ0n) is 27.6. The summed E-state index contributed by atoms with van der Waals surface area (Å²) in [6.45, 7) is 1.92. The van der Waals surface area contributed by atoms with Gasteiger partial charge in [-0.25, -0.2) is 4.79 Å². The summed E-state index contributed by atoms with van der Waals surface area (Å²) in [6, 6.07) is 39.8. The highest BCUT2D eigenvalue weighted by molar-refractivity contribution is 6.08. The molecule has 12 heteroatoms. The Morgan fingerprint density at radius 1 is 0.519 bits per heavy atom. The number of non-ortho nitro benzene ring substituents is 2. The molecule has 12 nitrogen and oxygen atoms in total. The number of rotatable bonds is 9. The fraction of sp³-hybridized carbons (Fsp3) is 0.0250. The van der Waals surface area contributed by atoms with Crippen LogP contribution in [0.3, 0.4) is 0 Å². The molecule has 0 spiro atoms. The number of anilines is 2. The number of nitro benzene ring substituents is 2. The van der Waals surface area contributed by atoms with Crippen LogP contribution in [0.25, 0.3) is 22.3 Å². The van der Waals surface area contributed by atoms with Gasteiger partial charge in [0, 0.05) is 41.1 Å². The number of aryl methyl sites for hydroxylation is 1. The molecule has 0 aromatic heterocycles. The number of amides is 2. The molecule has 0 bridgehead atoms. The number of nitrogens with one attached hydrogen (secondary N) is 2. The largest absolute Gasteiger partial charge is 0.478 e. The van der Waals surface area contributed by atoms with Crippen LogP contribution in [-0.4, -0.2) is 32.7 Å². The minimum absolute atomic E-state index is 0.0430. The molecule has 3 N–H and O–H groups in total. The van der Waals surface area contributed by atoms with E-state index in [1.54, 1.807) is 72.8 Å². The van der Waals surface area contributed by atoms with Crippen molar-refractivity contribution in [3.05, 3.63) is 188 Å². The molecule has 6 aromatic carbocycles. The van der Waals surface area contributed by atoms with Gasteiger partial charge < -0.3 is 15.7 Å². The minimum atomic E-state index is -1.17. The first kappa shape index (κ1) is 35.8. The zero-order valence-corrected chi connectivity index (χ0v) is 27.6. The number of carboxylic acid groups (broad SMARTS) is 1. The molecule has 258 valence electrons. The predicted molar refractivity (Wildman–Crippen MR) is 198 cm³/mol. The Morgan fingerprint density at radius 3 is 1.33 bits per heavy atom. The average Bonchev–Trinajstić information content (AvgIpc) is 3.16. The van der Waals surface area contributed by atoms with Crippen LogP contribution < -0.4 is 10.6 Å².